The lowest BCUT2D eigenvalue weighted by Gasteiger charge is -2.06. The first-order valence-electron chi connectivity index (χ1n) is 9.84. The number of carbonyl (C=O) groups is 1. The molecule has 2 heterocycles. The second-order valence-electron chi connectivity index (χ2n) is 7.22. The molecule has 0 atom stereocenters. The second kappa shape index (κ2) is 7.53. The number of para-hydroxylation sites is 2. The monoisotopic (exact) mass is 410 g/mol. The molecule has 7 nitrogen and oxygen atoms in total. The van der Waals surface area contributed by atoms with Crippen molar-refractivity contribution in [3.63, 3.8) is 0 Å². The molecule has 3 aromatic carbocycles. The zero-order valence-electron chi connectivity index (χ0n) is 16.4. The zero-order chi connectivity index (χ0) is 21.4. The Morgan fingerprint density at radius 3 is 2.19 bits per heavy atom. The first-order valence-corrected chi connectivity index (χ1v) is 9.84. The number of aromatic nitrogens is 1. The summed E-state index contributed by atoms with van der Waals surface area (Å²) in [5.41, 5.74) is 1.37. The van der Waals surface area contributed by atoms with E-state index in [1.807, 2.05) is 42.5 Å². The van der Waals surface area contributed by atoms with Crippen LogP contribution in [0, 0.1) is 0 Å². The summed E-state index contributed by atoms with van der Waals surface area (Å²) in [6, 6.07) is 21.8. The predicted molar refractivity (Wildman–Crippen MR) is 116 cm³/mol. The van der Waals surface area contributed by atoms with E-state index in [-0.39, 0.29) is 23.3 Å². The topological polar surface area (TPSA) is 99.5 Å². The van der Waals surface area contributed by atoms with Gasteiger partial charge in [0.05, 0.1) is 10.7 Å². The lowest BCUT2D eigenvalue weighted by Crippen LogP contribution is -2.19. The SMILES string of the molecule is O=C(N=C1N=c2ccccc2=N1)c1ccc2c(O)n(CCc3ccccc3)c(O)c2c1. The molecule has 4 aromatic rings. The largest absolute Gasteiger partial charge is 0.494 e. The van der Waals surface area contributed by atoms with Gasteiger partial charge in [0.2, 0.25) is 11.8 Å². The van der Waals surface area contributed by atoms with E-state index < -0.39 is 5.91 Å². The van der Waals surface area contributed by atoms with E-state index in [1.54, 1.807) is 24.3 Å². The molecule has 0 fully saturated rings. The second-order valence-corrected chi connectivity index (χ2v) is 7.22. The fourth-order valence-corrected chi connectivity index (χ4v) is 3.64. The van der Waals surface area contributed by atoms with E-state index in [2.05, 4.69) is 15.0 Å². The molecular formula is C24H18N4O3. The van der Waals surface area contributed by atoms with Crippen molar-refractivity contribution in [3.8, 4) is 11.8 Å². The number of rotatable bonds is 4. The maximum absolute atomic E-state index is 12.7. The highest BCUT2D eigenvalue weighted by Crippen LogP contribution is 2.37. The highest BCUT2D eigenvalue weighted by molar-refractivity contribution is 6.06. The normalized spacial score (nSPS) is 12.3. The minimum Gasteiger partial charge on any atom is -0.494 e. The van der Waals surface area contributed by atoms with Gasteiger partial charge < -0.3 is 10.2 Å². The van der Waals surface area contributed by atoms with Crippen molar-refractivity contribution in [2.75, 3.05) is 0 Å². The number of aliphatic imine (C=N–C) groups is 1. The molecule has 7 heteroatoms. The Balaban J connectivity index is 1.45. The van der Waals surface area contributed by atoms with Crippen LogP contribution in [0.4, 0.5) is 0 Å². The van der Waals surface area contributed by atoms with Crippen LogP contribution in [-0.2, 0) is 13.0 Å². The maximum atomic E-state index is 12.7. The van der Waals surface area contributed by atoms with Crippen molar-refractivity contribution < 1.29 is 15.0 Å². The van der Waals surface area contributed by atoms with Crippen LogP contribution in [0.2, 0.25) is 0 Å². The van der Waals surface area contributed by atoms with Gasteiger partial charge in [-0.1, -0.05) is 42.5 Å². The summed E-state index contributed by atoms with van der Waals surface area (Å²) in [5.74, 6) is -0.551. The van der Waals surface area contributed by atoms with Gasteiger partial charge in [-0.2, -0.15) is 4.99 Å². The first-order chi connectivity index (χ1) is 15.1. The summed E-state index contributed by atoms with van der Waals surface area (Å²) in [4.78, 5) is 25.1. The van der Waals surface area contributed by atoms with Crippen molar-refractivity contribution in [2.24, 2.45) is 15.0 Å². The van der Waals surface area contributed by atoms with Crippen LogP contribution in [-0.4, -0.2) is 26.6 Å². The summed E-state index contributed by atoms with van der Waals surface area (Å²) in [7, 11) is 0. The van der Waals surface area contributed by atoms with Gasteiger partial charge in [0.15, 0.2) is 0 Å². The number of amides is 1. The fraction of sp³-hybridized carbons (Fsp3) is 0.0833. The van der Waals surface area contributed by atoms with Gasteiger partial charge in [0.1, 0.15) is 0 Å². The van der Waals surface area contributed by atoms with Gasteiger partial charge in [-0.3, -0.25) is 9.36 Å². The minimum absolute atomic E-state index is 0.0370. The quantitative estimate of drug-likeness (QED) is 0.541. The summed E-state index contributed by atoms with van der Waals surface area (Å²) >= 11 is 0. The van der Waals surface area contributed by atoms with Crippen molar-refractivity contribution >= 4 is 22.6 Å². The smallest absolute Gasteiger partial charge is 0.280 e. The third kappa shape index (κ3) is 3.46. The summed E-state index contributed by atoms with van der Waals surface area (Å²) in [6.07, 6.45) is 0.645. The van der Waals surface area contributed by atoms with E-state index in [9.17, 15) is 15.0 Å². The van der Waals surface area contributed by atoms with Crippen LogP contribution in [0.5, 0.6) is 11.8 Å². The highest BCUT2D eigenvalue weighted by atomic mass is 16.3. The van der Waals surface area contributed by atoms with E-state index in [4.69, 9.17) is 0 Å². The Kier molecular flexibility index (Phi) is 4.55. The number of aryl methyl sites for hydroxylation is 1. The number of aromatic hydroxyl groups is 2. The van der Waals surface area contributed by atoms with Gasteiger partial charge in [-0.15, -0.1) is 0 Å². The van der Waals surface area contributed by atoms with Crippen molar-refractivity contribution in [2.45, 2.75) is 13.0 Å². The molecule has 2 N–H and O–H groups in total. The number of hydrogen-bond acceptors (Lipinski definition) is 3. The van der Waals surface area contributed by atoms with Crippen LogP contribution < -0.4 is 10.7 Å². The maximum Gasteiger partial charge on any atom is 0.280 e. The van der Waals surface area contributed by atoms with Crippen LogP contribution in [0.3, 0.4) is 0 Å². The van der Waals surface area contributed by atoms with E-state index in [0.29, 0.717) is 34.5 Å². The fourth-order valence-electron chi connectivity index (χ4n) is 3.64. The van der Waals surface area contributed by atoms with Gasteiger partial charge in [-0.25, -0.2) is 9.98 Å². The molecule has 0 spiro atoms. The van der Waals surface area contributed by atoms with Crippen molar-refractivity contribution in [3.05, 3.63) is 94.6 Å². The lowest BCUT2D eigenvalue weighted by molar-refractivity contribution is 0.100. The Labute approximate surface area is 177 Å². The molecule has 5 rings (SSSR count). The summed E-state index contributed by atoms with van der Waals surface area (Å²) in [5, 5.41) is 23.4. The number of benzene rings is 3. The predicted octanol–water partition coefficient (Wildman–Crippen LogP) is 2.74. The molecule has 0 unspecified atom stereocenters. The number of nitrogens with zero attached hydrogens (tertiary/aromatic N) is 4. The molecule has 1 aliphatic rings. The number of carbonyl (C=O) groups excluding carboxylic acids is 1. The van der Waals surface area contributed by atoms with Crippen LogP contribution in [0.1, 0.15) is 15.9 Å². The van der Waals surface area contributed by atoms with Crippen molar-refractivity contribution in [1.29, 1.82) is 0 Å². The Bertz CT molecular complexity index is 1430. The molecule has 1 aliphatic heterocycles. The van der Waals surface area contributed by atoms with Crippen molar-refractivity contribution in [1.82, 2.24) is 4.57 Å². The molecule has 0 bridgehead atoms. The molecule has 0 radical (unpaired) electrons. The highest BCUT2D eigenvalue weighted by Gasteiger charge is 2.18. The Hall–Kier alpha value is -4.26. The van der Waals surface area contributed by atoms with Crippen LogP contribution >= 0.6 is 0 Å². The lowest BCUT2D eigenvalue weighted by atomic mass is 10.1. The zero-order valence-corrected chi connectivity index (χ0v) is 16.4. The Morgan fingerprint density at radius 2 is 1.48 bits per heavy atom. The first kappa shape index (κ1) is 18.7. The standard InChI is InChI=1S/C24H18N4O3/c29-21(27-24-25-19-8-4-5-9-20(19)26-24)16-10-11-17-18(14-16)23(31)28(22(17)30)13-12-15-6-2-1-3-7-15/h1-11,14,30-31H,12-13H2. The molecule has 1 aromatic heterocycles. The van der Waals surface area contributed by atoms with E-state index in [1.165, 1.54) is 10.6 Å². The van der Waals surface area contributed by atoms with Gasteiger partial charge in [-0.05, 0) is 42.3 Å². The Morgan fingerprint density at radius 1 is 0.839 bits per heavy atom. The van der Waals surface area contributed by atoms with Crippen LogP contribution in [0.15, 0.2) is 87.8 Å². The van der Waals surface area contributed by atoms with Crippen LogP contribution in [0.25, 0.3) is 10.8 Å². The molecule has 0 saturated carbocycles. The van der Waals surface area contributed by atoms with E-state index >= 15 is 0 Å². The van der Waals surface area contributed by atoms with E-state index in [0.717, 1.165) is 5.56 Å². The molecule has 152 valence electrons. The van der Waals surface area contributed by atoms with Gasteiger partial charge >= 0.3 is 0 Å². The van der Waals surface area contributed by atoms with Gasteiger partial charge in [0.25, 0.3) is 11.9 Å². The molecule has 0 aliphatic carbocycles. The average molecular weight is 410 g/mol. The summed E-state index contributed by atoms with van der Waals surface area (Å²) < 4.78 is 1.44. The summed E-state index contributed by atoms with van der Waals surface area (Å²) in [6.45, 7) is 0.401. The molecule has 31 heavy (non-hydrogen) atoms. The van der Waals surface area contributed by atoms with Gasteiger partial charge in [0, 0.05) is 22.9 Å². The molecular weight excluding hydrogens is 392 g/mol. The average Bonchev–Trinajstić information content (AvgIpc) is 3.31. The molecule has 0 saturated heterocycles. The third-order valence-corrected chi connectivity index (χ3v) is 5.25. The number of guanidine groups is 1. The third-order valence-electron chi connectivity index (χ3n) is 5.25. The minimum atomic E-state index is -0.520. The number of hydrogen-bond donors (Lipinski definition) is 2. The number of fused-ring (bicyclic) bond motifs is 2. The molecule has 1 amide bonds.